The molecular formula is C6H18GeOSi. The van der Waals surface area contributed by atoms with Crippen LogP contribution >= 0.6 is 0 Å². The van der Waals surface area contributed by atoms with E-state index in [1.54, 1.807) is 0 Å². The molecule has 1 nitrogen and oxygen atoms in total. The molecule has 9 heavy (non-hydrogen) atoms. The molecule has 0 unspecified atom stereocenters. The second-order valence-corrected chi connectivity index (χ2v) is 9.91. The second-order valence-electron chi connectivity index (χ2n) is 2.45. The van der Waals surface area contributed by atoms with Crippen LogP contribution in [0.3, 0.4) is 0 Å². The van der Waals surface area contributed by atoms with Crippen molar-refractivity contribution in [2.75, 3.05) is 0 Å². The summed E-state index contributed by atoms with van der Waals surface area (Å²) in [5, 5.41) is 0. The molecule has 0 spiro atoms. The van der Waals surface area contributed by atoms with Gasteiger partial charge in [-0.05, 0) is 0 Å². The molecule has 3 heteroatoms. The van der Waals surface area contributed by atoms with E-state index in [0.717, 1.165) is 0 Å². The molecule has 0 fully saturated rings. The van der Waals surface area contributed by atoms with Crippen LogP contribution in [-0.4, -0.2) is 25.2 Å². The zero-order valence-corrected chi connectivity index (χ0v) is 12.2. The van der Waals surface area contributed by atoms with Crippen LogP contribution in [0.1, 0.15) is 20.8 Å². The van der Waals surface area contributed by atoms with Crippen molar-refractivity contribution in [3.63, 3.8) is 0 Å². The fourth-order valence-corrected chi connectivity index (χ4v) is 9.00. The number of hydrogen-bond donors (Lipinski definition) is 0. The van der Waals surface area contributed by atoms with E-state index in [-0.39, 0.29) is 0 Å². The molecule has 0 N–H and O–H groups in total. The molecule has 56 valence electrons. The zero-order valence-electron chi connectivity index (χ0n) is 7.03. The molecule has 0 bridgehead atoms. The fourth-order valence-electron chi connectivity index (χ4n) is 1.18. The van der Waals surface area contributed by atoms with Crippen molar-refractivity contribution in [2.45, 2.75) is 38.9 Å². The van der Waals surface area contributed by atoms with Crippen LogP contribution in [0.5, 0.6) is 0 Å². The van der Waals surface area contributed by atoms with Gasteiger partial charge in [0.25, 0.3) is 0 Å². The Morgan fingerprint density at radius 3 is 1.44 bits per heavy atom. The molecule has 0 aromatic heterocycles. The van der Waals surface area contributed by atoms with E-state index >= 15 is 0 Å². The van der Waals surface area contributed by atoms with Crippen molar-refractivity contribution in [1.29, 1.82) is 0 Å². The van der Waals surface area contributed by atoms with Crippen molar-refractivity contribution in [3.05, 3.63) is 0 Å². The van der Waals surface area contributed by atoms with E-state index < -0.39 is 8.32 Å². The van der Waals surface area contributed by atoms with E-state index in [1.165, 1.54) is 18.1 Å². The van der Waals surface area contributed by atoms with Crippen LogP contribution in [0, 0.1) is 0 Å². The van der Waals surface area contributed by atoms with Crippen molar-refractivity contribution in [3.8, 4) is 0 Å². The first kappa shape index (κ1) is 9.72. The molecule has 0 radical (unpaired) electrons. The van der Waals surface area contributed by atoms with Gasteiger partial charge >= 0.3 is 67.5 Å². The fraction of sp³-hybridized carbons (Fsp3) is 1.00. The summed E-state index contributed by atoms with van der Waals surface area (Å²) >= 11 is 0.612. The average molecular weight is 207 g/mol. The molecule has 0 aliphatic carbocycles. The first-order valence-electron chi connectivity index (χ1n) is 3.79. The summed E-state index contributed by atoms with van der Waals surface area (Å²) in [4.78, 5) is 0. The second kappa shape index (κ2) is 4.52. The van der Waals surface area contributed by atoms with Gasteiger partial charge in [0.15, 0.2) is 0 Å². The minimum atomic E-state index is -1.11. The van der Waals surface area contributed by atoms with Gasteiger partial charge in [-0.1, -0.05) is 0 Å². The van der Waals surface area contributed by atoms with Crippen LogP contribution in [-0.2, 0) is 3.45 Å². The van der Waals surface area contributed by atoms with E-state index in [2.05, 4.69) is 20.8 Å². The third-order valence-electron chi connectivity index (χ3n) is 2.37. The molecule has 0 saturated carbocycles. The van der Waals surface area contributed by atoms with Crippen molar-refractivity contribution >= 4 is 25.2 Å². The first-order chi connectivity index (χ1) is 4.24. The summed E-state index contributed by atoms with van der Waals surface area (Å²) in [6.45, 7) is 6.81. The van der Waals surface area contributed by atoms with Gasteiger partial charge < -0.3 is 0 Å². The third-order valence-corrected chi connectivity index (χ3v) is 12.5. The summed E-state index contributed by atoms with van der Waals surface area (Å²) in [5.74, 6) is 0. The van der Waals surface area contributed by atoms with Gasteiger partial charge in [0.2, 0.25) is 0 Å². The summed E-state index contributed by atoms with van der Waals surface area (Å²) in [6.07, 6.45) is 0. The number of rotatable bonds is 4. The van der Waals surface area contributed by atoms with Gasteiger partial charge in [-0.2, -0.15) is 0 Å². The Kier molecular flexibility index (Phi) is 4.88. The monoisotopic (exact) mass is 208 g/mol. The van der Waals surface area contributed by atoms with Crippen molar-refractivity contribution < 1.29 is 3.45 Å². The molecule has 0 saturated heterocycles. The van der Waals surface area contributed by atoms with Gasteiger partial charge in [-0.3, -0.25) is 0 Å². The summed E-state index contributed by atoms with van der Waals surface area (Å²) < 4.78 is 5.71. The predicted octanol–water partition coefficient (Wildman–Crippen LogP) is 1.29. The summed E-state index contributed by atoms with van der Waals surface area (Å²) in [5.41, 5.74) is 0. The molecule has 0 aliphatic rings. The van der Waals surface area contributed by atoms with Gasteiger partial charge in [0.1, 0.15) is 0 Å². The van der Waals surface area contributed by atoms with Gasteiger partial charge in [0.05, 0.1) is 0 Å². The quantitative estimate of drug-likeness (QED) is 0.631. The van der Waals surface area contributed by atoms with Gasteiger partial charge in [0, 0.05) is 0 Å². The predicted molar refractivity (Wildman–Crippen MR) is 48.2 cm³/mol. The van der Waals surface area contributed by atoms with Gasteiger partial charge in [-0.25, -0.2) is 0 Å². The molecule has 0 aromatic rings. The van der Waals surface area contributed by atoms with E-state index in [1.807, 2.05) is 0 Å². The van der Waals surface area contributed by atoms with E-state index in [9.17, 15) is 0 Å². The number of hydrogen-bond acceptors (Lipinski definition) is 1. The van der Waals surface area contributed by atoms with Gasteiger partial charge in [-0.15, -0.1) is 0 Å². The molecule has 0 rings (SSSR count). The zero-order chi connectivity index (χ0) is 7.33. The Morgan fingerprint density at radius 2 is 1.44 bits per heavy atom. The maximum absolute atomic E-state index is 5.71. The van der Waals surface area contributed by atoms with Crippen molar-refractivity contribution in [1.82, 2.24) is 0 Å². The van der Waals surface area contributed by atoms with Crippen LogP contribution in [0.4, 0.5) is 0 Å². The summed E-state index contributed by atoms with van der Waals surface area (Å²) in [7, 11) is -1.11. The molecule has 0 heterocycles. The van der Waals surface area contributed by atoms with E-state index in [4.69, 9.17) is 3.45 Å². The van der Waals surface area contributed by atoms with Crippen LogP contribution in [0.15, 0.2) is 0 Å². The minimum absolute atomic E-state index is 0.612. The summed E-state index contributed by atoms with van der Waals surface area (Å²) in [6, 6.07) is 3.92. The Bertz CT molecular complexity index is 55.9. The molecule has 0 aromatic carbocycles. The van der Waals surface area contributed by atoms with Crippen LogP contribution in [0.25, 0.3) is 0 Å². The molecular weight excluding hydrogens is 189 g/mol. The SMILES string of the molecule is CC[Si](CC)(CC)[O][GeH3]. The normalized spacial score (nSPS) is 12.3. The Hall–Kier alpha value is 0.720. The molecule has 0 amide bonds. The molecule has 0 aliphatic heterocycles. The third kappa shape index (κ3) is 2.43. The van der Waals surface area contributed by atoms with Crippen LogP contribution < -0.4 is 0 Å². The Morgan fingerprint density at radius 1 is 1.11 bits per heavy atom. The standard InChI is InChI=1S/C6H18GeOSi/c1-4-9(5-2,6-3)8-7/h4-6H2,1-3,7H3. The Labute approximate surface area is 67.9 Å². The topological polar surface area (TPSA) is 9.23 Å². The maximum atomic E-state index is 5.71. The van der Waals surface area contributed by atoms with Crippen molar-refractivity contribution in [2.24, 2.45) is 0 Å². The van der Waals surface area contributed by atoms with E-state index in [0.29, 0.717) is 16.9 Å². The molecule has 0 atom stereocenters. The van der Waals surface area contributed by atoms with Crippen LogP contribution in [0.2, 0.25) is 18.1 Å². The first-order valence-corrected chi connectivity index (χ1v) is 8.04. The Balaban J connectivity index is 3.82. The average Bonchev–Trinajstić information content (AvgIpc) is 1.95.